The monoisotopic (exact) mass is 323 g/mol. The van der Waals surface area contributed by atoms with Crippen LogP contribution in [0.1, 0.15) is 6.42 Å². The van der Waals surface area contributed by atoms with Crippen molar-refractivity contribution in [3.8, 4) is 0 Å². The Bertz CT molecular complexity index is 552. The summed E-state index contributed by atoms with van der Waals surface area (Å²) in [6.07, 6.45) is 2.97. The molecule has 1 heterocycles. The lowest BCUT2D eigenvalue weighted by Gasteiger charge is -2.34. The summed E-state index contributed by atoms with van der Waals surface area (Å²) in [5, 5.41) is 0. The second-order valence-corrected chi connectivity index (χ2v) is 7.24. The van der Waals surface area contributed by atoms with Gasteiger partial charge in [0.15, 0.2) is 0 Å². The van der Waals surface area contributed by atoms with Gasteiger partial charge in [-0.2, -0.15) is 0 Å². The molecule has 6 heteroatoms. The fraction of sp³-hybridized carbons (Fsp3) is 0.500. The molecule has 0 aromatic heterocycles. The van der Waals surface area contributed by atoms with Crippen molar-refractivity contribution in [2.24, 2.45) is 0 Å². The molecule has 0 bridgehead atoms. The van der Waals surface area contributed by atoms with Crippen molar-refractivity contribution in [2.45, 2.75) is 11.3 Å². The molecule has 0 unspecified atom stereocenters. The van der Waals surface area contributed by atoms with Crippen LogP contribution in [0.3, 0.4) is 0 Å². The second-order valence-electron chi connectivity index (χ2n) is 5.47. The molecule has 122 valence electrons. The second kappa shape index (κ2) is 8.43. The summed E-state index contributed by atoms with van der Waals surface area (Å²) in [6, 6.07) is 8.50. The van der Waals surface area contributed by atoms with Crippen LogP contribution in [-0.4, -0.2) is 64.0 Å². The fourth-order valence-electron chi connectivity index (χ4n) is 2.53. The predicted molar refractivity (Wildman–Crippen MR) is 89.3 cm³/mol. The van der Waals surface area contributed by atoms with E-state index in [4.69, 9.17) is 0 Å². The highest BCUT2D eigenvalue weighted by Crippen LogP contribution is 2.07. The van der Waals surface area contributed by atoms with Crippen LogP contribution in [0, 0.1) is 0 Å². The molecule has 1 saturated heterocycles. The summed E-state index contributed by atoms with van der Waals surface area (Å²) in [7, 11) is -3.38. The van der Waals surface area contributed by atoms with Gasteiger partial charge in [0.1, 0.15) is 0 Å². The minimum Gasteiger partial charge on any atom is -0.300 e. The lowest BCUT2D eigenvalue weighted by molar-refractivity contribution is 0.136. The number of benzene rings is 1. The Morgan fingerprint density at radius 1 is 1.05 bits per heavy atom. The van der Waals surface area contributed by atoms with Crippen LogP contribution in [0.2, 0.25) is 0 Å². The topological polar surface area (TPSA) is 52.6 Å². The summed E-state index contributed by atoms with van der Waals surface area (Å²) in [4.78, 5) is 5.05. The lowest BCUT2D eigenvalue weighted by Crippen LogP contribution is -2.48. The zero-order chi connectivity index (χ0) is 15.8. The van der Waals surface area contributed by atoms with Gasteiger partial charge in [-0.1, -0.05) is 24.3 Å². The van der Waals surface area contributed by atoms with Crippen molar-refractivity contribution in [2.75, 3.05) is 45.8 Å². The van der Waals surface area contributed by atoms with Gasteiger partial charge in [0.25, 0.3) is 0 Å². The molecule has 0 spiro atoms. The molecular weight excluding hydrogens is 298 g/mol. The Hall–Kier alpha value is -1.21. The first-order valence-electron chi connectivity index (χ1n) is 7.72. The Balaban J connectivity index is 1.70. The number of hydrogen-bond acceptors (Lipinski definition) is 4. The number of hydrogen-bond donors (Lipinski definition) is 1. The average molecular weight is 323 g/mol. The normalized spacial score (nSPS) is 17.5. The Morgan fingerprint density at radius 2 is 1.64 bits per heavy atom. The van der Waals surface area contributed by atoms with Crippen molar-refractivity contribution >= 4 is 10.0 Å². The van der Waals surface area contributed by atoms with Crippen LogP contribution < -0.4 is 4.72 Å². The zero-order valence-corrected chi connectivity index (χ0v) is 13.8. The van der Waals surface area contributed by atoms with Crippen LogP contribution in [0.5, 0.6) is 0 Å². The number of rotatable bonds is 8. The molecule has 1 N–H and O–H groups in total. The molecule has 5 nitrogen and oxygen atoms in total. The van der Waals surface area contributed by atoms with Gasteiger partial charge in [0, 0.05) is 45.8 Å². The number of piperazine rings is 1. The van der Waals surface area contributed by atoms with E-state index in [-0.39, 0.29) is 0 Å². The van der Waals surface area contributed by atoms with Crippen molar-refractivity contribution in [1.82, 2.24) is 14.5 Å². The lowest BCUT2D eigenvalue weighted by atomic mass is 10.3. The molecule has 0 amide bonds. The summed E-state index contributed by atoms with van der Waals surface area (Å²) in [6.45, 7) is 10.1. The predicted octanol–water partition coefficient (Wildman–Crippen LogP) is 1.16. The maximum atomic E-state index is 12.1. The Labute approximate surface area is 133 Å². The molecule has 0 radical (unpaired) electrons. The first-order chi connectivity index (χ1) is 10.6. The molecule has 1 aliphatic rings. The SMILES string of the molecule is C=CCCN1CCN(CCNS(=O)(=O)c2ccccc2)CC1. The molecular formula is C16H25N3O2S. The smallest absolute Gasteiger partial charge is 0.240 e. The molecule has 0 saturated carbocycles. The van der Waals surface area contributed by atoms with Crippen molar-refractivity contribution in [3.05, 3.63) is 43.0 Å². The Kier molecular flexibility index (Phi) is 6.57. The van der Waals surface area contributed by atoms with E-state index in [1.54, 1.807) is 24.3 Å². The highest BCUT2D eigenvalue weighted by molar-refractivity contribution is 7.89. The van der Waals surface area contributed by atoms with Gasteiger partial charge in [-0.3, -0.25) is 4.90 Å². The minimum absolute atomic E-state index is 0.323. The molecule has 0 atom stereocenters. The van der Waals surface area contributed by atoms with Gasteiger partial charge in [-0.05, 0) is 18.6 Å². The molecule has 22 heavy (non-hydrogen) atoms. The van der Waals surface area contributed by atoms with E-state index >= 15 is 0 Å². The van der Waals surface area contributed by atoms with Crippen molar-refractivity contribution < 1.29 is 8.42 Å². The third kappa shape index (κ3) is 5.21. The van der Waals surface area contributed by atoms with E-state index in [0.717, 1.165) is 45.7 Å². The van der Waals surface area contributed by atoms with E-state index in [2.05, 4.69) is 21.1 Å². The van der Waals surface area contributed by atoms with Crippen LogP contribution in [0.4, 0.5) is 0 Å². The largest absolute Gasteiger partial charge is 0.300 e. The Morgan fingerprint density at radius 3 is 2.23 bits per heavy atom. The van der Waals surface area contributed by atoms with E-state index < -0.39 is 10.0 Å². The quantitative estimate of drug-likeness (QED) is 0.730. The van der Waals surface area contributed by atoms with Crippen molar-refractivity contribution in [3.63, 3.8) is 0 Å². The van der Waals surface area contributed by atoms with Crippen LogP contribution in [0.15, 0.2) is 47.9 Å². The van der Waals surface area contributed by atoms with E-state index in [1.165, 1.54) is 0 Å². The molecule has 2 rings (SSSR count). The standard InChI is InChI=1S/C16H25N3O2S/c1-2-3-10-18-12-14-19(15-13-18)11-9-17-22(20,21)16-7-5-4-6-8-16/h2,4-8,17H,1,3,9-15H2. The van der Waals surface area contributed by atoms with Crippen LogP contribution in [-0.2, 0) is 10.0 Å². The van der Waals surface area contributed by atoms with Gasteiger partial charge < -0.3 is 4.90 Å². The first-order valence-corrected chi connectivity index (χ1v) is 9.20. The maximum absolute atomic E-state index is 12.1. The number of nitrogens with zero attached hydrogens (tertiary/aromatic N) is 2. The van der Waals surface area contributed by atoms with E-state index in [9.17, 15) is 8.42 Å². The van der Waals surface area contributed by atoms with Gasteiger partial charge in [0.05, 0.1) is 4.90 Å². The van der Waals surface area contributed by atoms with Crippen molar-refractivity contribution in [1.29, 1.82) is 0 Å². The summed E-state index contributed by atoms with van der Waals surface area (Å²) in [5.74, 6) is 0. The third-order valence-electron chi connectivity index (χ3n) is 3.89. The zero-order valence-electron chi connectivity index (χ0n) is 12.9. The highest BCUT2D eigenvalue weighted by Gasteiger charge is 2.17. The molecule has 1 aromatic rings. The molecule has 1 aliphatic heterocycles. The van der Waals surface area contributed by atoms with Gasteiger partial charge >= 0.3 is 0 Å². The van der Waals surface area contributed by atoms with Gasteiger partial charge in [-0.15, -0.1) is 6.58 Å². The summed E-state index contributed by atoms with van der Waals surface area (Å²) < 4.78 is 26.9. The molecule has 0 aliphatic carbocycles. The first kappa shape index (κ1) is 17.1. The van der Waals surface area contributed by atoms with Crippen LogP contribution >= 0.6 is 0 Å². The molecule has 1 fully saturated rings. The minimum atomic E-state index is -3.38. The highest BCUT2D eigenvalue weighted by atomic mass is 32.2. The number of sulfonamides is 1. The summed E-state index contributed by atoms with van der Waals surface area (Å²) in [5.41, 5.74) is 0. The maximum Gasteiger partial charge on any atom is 0.240 e. The average Bonchev–Trinajstić information content (AvgIpc) is 2.55. The third-order valence-corrected chi connectivity index (χ3v) is 5.36. The molecule has 1 aromatic carbocycles. The van der Waals surface area contributed by atoms with E-state index in [1.807, 2.05) is 12.1 Å². The summed E-state index contributed by atoms with van der Waals surface area (Å²) >= 11 is 0. The van der Waals surface area contributed by atoms with Gasteiger partial charge in [-0.25, -0.2) is 13.1 Å². The van der Waals surface area contributed by atoms with E-state index in [0.29, 0.717) is 11.4 Å². The van der Waals surface area contributed by atoms with Gasteiger partial charge in [0.2, 0.25) is 10.0 Å². The fourth-order valence-corrected chi connectivity index (χ4v) is 3.57. The van der Waals surface area contributed by atoms with Crippen LogP contribution in [0.25, 0.3) is 0 Å². The number of nitrogens with one attached hydrogen (secondary N) is 1.